The molecule has 0 spiro atoms. The van der Waals surface area contributed by atoms with E-state index in [9.17, 15) is 13.2 Å². The number of aromatic amines is 1. The summed E-state index contributed by atoms with van der Waals surface area (Å²) < 4.78 is 26.1. The van der Waals surface area contributed by atoms with E-state index < -0.39 is 16.0 Å². The third-order valence-electron chi connectivity index (χ3n) is 2.33. The molecule has 0 fully saturated rings. The van der Waals surface area contributed by atoms with Crippen molar-refractivity contribution in [2.24, 2.45) is 0 Å². The molecule has 0 aliphatic heterocycles. The van der Waals surface area contributed by atoms with Crippen LogP contribution in [0.1, 0.15) is 5.56 Å². The van der Waals surface area contributed by atoms with Gasteiger partial charge in [-0.05, 0) is 23.8 Å². The van der Waals surface area contributed by atoms with Gasteiger partial charge in [0.05, 0.1) is 12.6 Å². The Morgan fingerprint density at radius 1 is 1.26 bits per heavy atom. The Hall–Kier alpha value is -2.35. The van der Waals surface area contributed by atoms with Crippen molar-refractivity contribution < 1.29 is 18.3 Å². The minimum absolute atomic E-state index is 0.0397. The van der Waals surface area contributed by atoms with Gasteiger partial charge in [-0.15, -0.1) is 0 Å². The maximum atomic E-state index is 11.8. The number of H-pyrrole nitrogens is 1. The average Bonchev–Trinajstić information content (AvgIpc) is 2.85. The molecule has 0 saturated heterocycles. The van der Waals surface area contributed by atoms with Crippen LogP contribution in [0.3, 0.4) is 0 Å². The van der Waals surface area contributed by atoms with Gasteiger partial charge in [0.25, 0.3) is 10.0 Å². The molecule has 0 aliphatic rings. The fraction of sp³-hybridized carbons (Fsp3) is 0.0909. The molecule has 0 aliphatic carbocycles. The summed E-state index contributed by atoms with van der Waals surface area (Å²) in [5, 5.41) is 14.5. The van der Waals surface area contributed by atoms with Crippen molar-refractivity contribution in [1.82, 2.24) is 10.2 Å². The topological polar surface area (TPSA) is 112 Å². The number of carboxylic acids is 1. The van der Waals surface area contributed by atoms with E-state index in [2.05, 4.69) is 14.9 Å². The smallest absolute Gasteiger partial charge is 0.307 e. The Morgan fingerprint density at radius 2 is 1.95 bits per heavy atom. The largest absolute Gasteiger partial charge is 0.481 e. The van der Waals surface area contributed by atoms with E-state index in [0.29, 0.717) is 11.3 Å². The molecule has 100 valence electrons. The van der Waals surface area contributed by atoms with E-state index in [1.807, 2.05) is 0 Å². The van der Waals surface area contributed by atoms with Crippen LogP contribution in [0.15, 0.2) is 41.6 Å². The van der Waals surface area contributed by atoms with Gasteiger partial charge in [0, 0.05) is 5.69 Å². The number of hydrogen-bond acceptors (Lipinski definition) is 4. The zero-order valence-electron chi connectivity index (χ0n) is 9.70. The maximum absolute atomic E-state index is 11.8. The first-order chi connectivity index (χ1) is 8.97. The minimum Gasteiger partial charge on any atom is -0.481 e. The number of carboxylic acid groups (broad SMARTS) is 1. The number of sulfonamides is 1. The predicted molar refractivity (Wildman–Crippen MR) is 67.2 cm³/mol. The first kappa shape index (κ1) is 13.1. The number of rotatable bonds is 5. The lowest BCUT2D eigenvalue weighted by Crippen LogP contribution is -2.13. The highest BCUT2D eigenvalue weighted by Crippen LogP contribution is 2.15. The number of nitrogens with zero attached hydrogens (tertiary/aromatic N) is 1. The number of aromatic nitrogens is 2. The van der Waals surface area contributed by atoms with Gasteiger partial charge in [0.1, 0.15) is 0 Å². The summed E-state index contributed by atoms with van der Waals surface area (Å²) in [6.45, 7) is 0. The second kappa shape index (κ2) is 5.11. The molecule has 1 aromatic heterocycles. The summed E-state index contributed by atoms with van der Waals surface area (Å²) >= 11 is 0. The van der Waals surface area contributed by atoms with Crippen molar-refractivity contribution in [3.05, 3.63) is 42.1 Å². The first-order valence-electron chi connectivity index (χ1n) is 5.30. The van der Waals surface area contributed by atoms with Crippen LogP contribution in [0.5, 0.6) is 0 Å². The molecule has 2 aromatic rings. The molecule has 7 nitrogen and oxygen atoms in total. The molecule has 1 heterocycles. The first-order valence-corrected chi connectivity index (χ1v) is 6.78. The zero-order chi connectivity index (χ0) is 13.9. The molecule has 1 aromatic carbocycles. The lowest BCUT2D eigenvalue weighted by molar-refractivity contribution is -0.136. The van der Waals surface area contributed by atoms with Crippen molar-refractivity contribution in [2.45, 2.75) is 11.4 Å². The molecular weight excluding hydrogens is 270 g/mol. The molecule has 0 amide bonds. The molecule has 19 heavy (non-hydrogen) atoms. The molecule has 0 bridgehead atoms. The molecule has 0 radical (unpaired) electrons. The van der Waals surface area contributed by atoms with Gasteiger partial charge >= 0.3 is 5.97 Å². The van der Waals surface area contributed by atoms with Gasteiger partial charge in [-0.25, -0.2) is 0 Å². The van der Waals surface area contributed by atoms with Crippen LogP contribution in [0, 0.1) is 0 Å². The van der Waals surface area contributed by atoms with Gasteiger partial charge in [-0.1, -0.05) is 12.1 Å². The van der Waals surface area contributed by atoms with Gasteiger partial charge in [-0.3, -0.25) is 14.6 Å². The monoisotopic (exact) mass is 281 g/mol. The zero-order valence-corrected chi connectivity index (χ0v) is 10.5. The quantitative estimate of drug-likeness (QED) is 0.751. The Labute approximate surface area is 109 Å². The van der Waals surface area contributed by atoms with E-state index in [1.54, 1.807) is 12.1 Å². The summed E-state index contributed by atoms with van der Waals surface area (Å²) in [6.07, 6.45) is 1.23. The van der Waals surface area contributed by atoms with Gasteiger partial charge in [-0.2, -0.15) is 13.5 Å². The van der Waals surface area contributed by atoms with Crippen LogP contribution >= 0.6 is 0 Å². The van der Waals surface area contributed by atoms with Crippen molar-refractivity contribution in [3.8, 4) is 0 Å². The Kier molecular flexibility index (Phi) is 3.52. The lowest BCUT2D eigenvalue weighted by Gasteiger charge is -2.06. The fourth-order valence-electron chi connectivity index (χ4n) is 1.47. The van der Waals surface area contributed by atoms with Crippen LogP contribution < -0.4 is 4.72 Å². The number of anilines is 1. The summed E-state index contributed by atoms with van der Waals surface area (Å²) in [6, 6.07) is 7.46. The number of carbonyl (C=O) groups is 1. The van der Waals surface area contributed by atoms with E-state index >= 15 is 0 Å². The van der Waals surface area contributed by atoms with E-state index in [0.717, 1.165) is 0 Å². The average molecular weight is 281 g/mol. The Morgan fingerprint density at radius 3 is 2.47 bits per heavy atom. The summed E-state index contributed by atoms with van der Waals surface area (Å²) in [5.41, 5.74) is 0.945. The predicted octanol–water partition coefficient (Wildman–Crippen LogP) is 0.838. The minimum atomic E-state index is -3.69. The highest BCUT2D eigenvalue weighted by Gasteiger charge is 2.15. The van der Waals surface area contributed by atoms with Crippen LogP contribution in [-0.4, -0.2) is 29.7 Å². The Bertz CT molecular complexity index is 662. The van der Waals surface area contributed by atoms with Crippen LogP contribution in [0.4, 0.5) is 5.69 Å². The normalized spacial score (nSPS) is 11.2. The van der Waals surface area contributed by atoms with Crippen molar-refractivity contribution in [1.29, 1.82) is 0 Å². The van der Waals surface area contributed by atoms with Gasteiger partial charge in [0.15, 0.2) is 5.03 Å². The standard InChI is InChI=1S/C11H11N3O4S/c15-11(16)7-8-1-3-9(4-2-8)14-19(17,18)10-5-6-12-13-10/h1-6,14H,7H2,(H,12,13)(H,15,16). The number of hydrogen-bond donors (Lipinski definition) is 3. The highest BCUT2D eigenvalue weighted by molar-refractivity contribution is 7.92. The molecular formula is C11H11N3O4S. The number of benzene rings is 1. The molecule has 0 unspecified atom stereocenters. The van der Waals surface area contributed by atoms with E-state index in [4.69, 9.17) is 5.11 Å². The van der Waals surface area contributed by atoms with Crippen molar-refractivity contribution >= 4 is 21.7 Å². The summed E-state index contributed by atoms with van der Waals surface area (Å²) in [7, 11) is -3.69. The maximum Gasteiger partial charge on any atom is 0.307 e. The number of nitrogens with one attached hydrogen (secondary N) is 2. The highest BCUT2D eigenvalue weighted by atomic mass is 32.2. The molecule has 8 heteroatoms. The number of aliphatic carboxylic acids is 1. The third-order valence-corrected chi connectivity index (χ3v) is 3.64. The van der Waals surface area contributed by atoms with Gasteiger partial charge < -0.3 is 5.11 Å². The molecule has 3 N–H and O–H groups in total. The Balaban J connectivity index is 2.14. The van der Waals surface area contributed by atoms with Crippen LogP contribution in [-0.2, 0) is 21.2 Å². The van der Waals surface area contributed by atoms with Gasteiger partial charge in [0.2, 0.25) is 0 Å². The van der Waals surface area contributed by atoms with Crippen molar-refractivity contribution in [3.63, 3.8) is 0 Å². The lowest BCUT2D eigenvalue weighted by atomic mass is 10.1. The van der Waals surface area contributed by atoms with Crippen molar-refractivity contribution in [2.75, 3.05) is 4.72 Å². The molecule has 2 rings (SSSR count). The van der Waals surface area contributed by atoms with Crippen LogP contribution in [0.25, 0.3) is 0 Å². The summed E-state index contributed by atoms with van der Waals surface area (Å²) in [4.78, 5) is 10.5. The fourth-order valence-corrected chi connectivity index (χ4v) is 2.44. The molecule has 0 atom stereocenters. The molecule has 0 saturated carbocycles. The summed E-state index contributed by atoms with van der Waals surface area (Å²) in [5.74, 6) is -0.939. The third kappa shape index (κ3) is 3.32. The second-order valence-electron chi connectivity index (χ2n) is 3.79. The van der Waals surface area contributed by atoms with Crippen LogP contribution in [0.2, 0.25) is 0 Å². The van der Waals surface area contributed by atoms with E-state index in [-0.39, 0.29) is 11.4 Å². The second-order valence-corrected chi connectivity index (χ2v) is 5.44. The SMILES string of the molecule is O=C(O)Cc1ccc(NS(=O)(=O)c2ccn[nH]2)cc1. The van der Waals surface area contributed by atoms with E-state index in [1.165, 1.54) is 24.4 Å².